The number of nitrogen functional groups attached to an aromatic ring is 1. The summed E-state index contributed by atoms with van der Waals surface area (Å²) in [6, 6.07) is 4.56. The minimum atomic E-state index is -0.376. The van der Waals surface area contributed by atoms with Crippen molar-refractivity contribution in [3.63, 3.8) is 0 Å². The van der Waals surface area contributed by atoms with E-state index < -0.39 is 0 Å². The van der Waals surface area contributed by atoms with E-state index in [0.717, 1.165) is 4.47 Å². The Bertz CT molecular complexity index is 486. The first kappa shape index (κ1) is 9.97. The topological polar surface area (TPSA) is 64.7 Å². The van der Waals surface area contributed by atoms with Crippen molar-refractivity contribution < 1.29 is 4.39 Å². The van der Waals surface area contributed by atoms with Crippen molar-refractivity contribution in [1.82, 2.24) is 15.2 Å². The van der Waals surface area contributed by atoms with E-state index in [-0.39, 0.29) is 11.8 Å². The molecule has 2 N–H and O–H groups in total. The van der Waals surface area contributed by atoms with Gasteiger partial charge in [-0.1, -0.05) is 15.9 Å². The van der Waals surface area contributed by atoms with Crippen molar-refractivity contribution >= 4 is 21.9 Å². The van der Waals surface area contributed by atoms with Crippen molar-refractivity contribution in [1.29, 1.82) is 0 Å². The van der Waals surface area contributed by atoms with Crippen LogP contribution >= 0.6 is 15.9 Å². The van der Waals surface area contributed by atoms with E-state index in [1.165, 1.54) is 12.3 Å². The van der Waals surface area contributed by atoms with E-state index in [9.17, 15) is 4.39 Å². The Morgan fingerprint density at radius 3 is 2.73 bits per heavy atom. The van der Waals surface area contributed by atoms with E-state index in [1.807, 2.05) is 0 Å². The van der Waals surface area contributed by atoms with Gasteiger partial charge in [0.05, 0.1) is 6.20 Å². The van der Waals surface area contributed by atoms with Gasteiger partial charge in [-0.2, -0.15) is 0 Å². The number of halogens is 2. The number of hydrogen-bond donors (Lipinski definition) is 1. The summed E-state index contributed by atoms with van der Waals surface area (Å²) in [4.78, 5) is 3.75. The number of hydrogen-bond acceptors (Lipinski definition) is 4. The molecule has 0 spiro atoms. The molecule has 2 rings (SSSR count). The summed E-state index contributed by atoms with van der Waals surface area (Å²) in [5, 5.41) is 7.31. The molecule has 6 heteroatoms. The first-order valence-corrected chi connectivity index (χ1v) is 4.87. The maximum Gasteiger partial charge on any atom is 0.240 e. The van der Waals surface area contributed by atoms with Gasteiger partial charge in [-0.05, 0) is 18.2 Å². The second-order valence-corrected chi connectivity index (χ2v) is 3.74. The van der Waals surface area contributed by atoms with Crippen LogP contribution in [-0.2, 0) is 0 Å². The van der Waals surface area contributed by atoms with Crippen LogP contribution in [0, 0.1) is 5.82 Å². The van der Waals surface area contributed by atoms with Crippen LogP contribution in [0.1, 0.15) is 0 Å². The molecule has 0 atom stereocenters. The predicted molar refractivity (Wildman–Crippen MR) is 57.3 cm³/mol. The average molecular weight is 269 g/mol. The molecule has 0 radical (unpaired) electrons. The molecule has 0 fully saturated rings. The summed E-state index contributed by atoms with van der Waals surface area (Å²) in [6.07, 6.45) is 1.38. The summed E-state index contributed by atoms with van der Waals surface area (Å²) >= 11 is 3.25. The Kier molecular flexibility index (Phi) is 2.59. The molecule has 4 nitrogen and oxygen atoms in total. The highest BCUT2D eigenvalue weighted by Crippen LogP contribution is 2.23. The fraction of sp³-hybridized carbons (Fsp3) is 0. The van der Waals surface area contributed by atoms with Gasteiger partial charge in [-0.25, -0.2) is 9.37 Å². The molecule has 2 aromatic rings. The zero-order chi connectivity index (χ0) is 10.8. The van der Waals surface area contributed by atoms with Crippen molar-refractivity contribution in [3.8, 4) is 11.3 Å². The quantitative estimate of drug-likeness (QED) is 0.860. The van der Waals surface area contributed by atoms with Gasteiger partial charge in [0.1, 0.15) is 11.5 Å². The lowest BCUT2D eigenvalue weighted by Gasteiger charge is -2.01. The smallest absolute Gasteiger partial charge is 0.240 e. The fourth-order valence-electron chi connectivity index (χ4n) is 1.10. The van der Waals surface area contributed by atoms with Crippen LogP contribution in [0.3, 0.4) is 0 Å². The van der Waals surface area contributed by atoms with E-state index >= 15 is 0 Å². The second kappa shape index (κ2) is 3.90. The zero-order valence-electron chi connectivity index (χ0n) is 7.48. The normalized spacial score (nSPS) is 10.3. The maximum atomic E-state index is 13.4. The van der Waals surface area contributed by atoms with Crippen LogP contribution in [0.2, 0.25) is 0 Å². The third kappa shape index (κ3) is 2.10. The molecule has 1 aromatic heterocycles. The molecule has 0 saturated heterocycles. The predicted octanol–water partition coefficient (Wildman–Crippen LogP) is 2.02. The third-order valence-corrected chi connectivity index (χ3v) is 2.28. The fourth-order valence-corrected chi connectivity index (χ4v) is 1.46. The largest absolute Gasteiger partial charge is 0.366 e. The lowest BCUT2D eigenvalue weighted by atomic mass is 10.1. The van der Waals surface area contributed by atoms with Crippen molar-refractivity contribution in [2.75, 3.05) is 5.73 Å². The lowest BCUT2D eigenvalue weighted by Crippen LogP contribution is -1.98. The molecule has 1 aromatic carbocycles. The molecule has 0 saturated carbocycles. The van der Waals surface area contributed by atoms with Gasteiger partial charge in [0.2, 0.25) is 5.95 Å². The molecule has 0 aliphatic carbocycles. The Morgan fingerprint density at radius 2 is 2.07 bits per heavy atom. The number of nitrogens with two attached hydrogens (primary N) is 1. The number of anilines is 1. The molecule has 76 valence electrons. The molecule has 0 amide bonds. The highest BCUT2D eigenvalue weighted by Gasteiger charge is 2.07. The van der Waals surface area contributed by atoms with Gasteiger partial charge < -0.3 is 5.73 Å². The zero-order valence-corrected chi connectivity index (χ0v) is 9.07. The summed E-state index contributed by atoms with van der Waals surface area (Å²) in [5.74, 6) is -0.312. The van der Waals surface area contributed by atoms with Crippen molar-refractivity contribution in [3.05, 3.63) is 34.7 Å². The molecule has 0 unspecified atom stereocenters. The maximum absolute atomic E-state index is 13.4. The standard InChI is InChI=1S/C9H6BrFN4/c10-5-1-2-7(11)6(3-5)8-4-13-9(12)15-14-8/h1-4H,(H2,12,13,15). The molecule has 1 heterocycles. The van der Waals surface area contributed by atoms with Crippen LogP contribution in [0.15, 0.2) is 28.9 Å². The van der Waals surface area contributed by atoms with Crippen LogP contribution < -0.4 is 5.73 Å². The lowest BCUT2D eigenvalue weighted by molar-refractivity contribution is 0.630. The monoisotopic (exact) mass is 268 g/mol. The van der Waals surface area contributed by atoms with E-state index in [0.29, 0.717) is 11.3 Å². The number of rotatable bonds is 1. The molecule has 15 heavy (non-hydrogen) atoms. The molecule has 0 aliphatic heterocycles. The molecule has 0 aliphatic rings. The van der Waals surface area contributed by atoms with Gasteiger partial charge in [-0.15, -0.1) is 10.2 Å². The number of nitrogens with zero attached hydrogens (tertiary/aromatic N) is 3. The number of aromatic nitrogens is 3. The Labute approximate surface area is 93.5 Å². The summed E-state index contributed by atoms with van der Waals surface area (Å²) in [5.41, 5.74) is 5.97. The van der Waals surface area contributed by atoms with E-state index in [2.05, 4.69) is 31.1 Å². The first-order valence-electron chi connectivity index (χ1n) is 4.07. The Morgan fingerprint density at radius 1 is 1.27 bits per heavy atom. The summed E-state index contributed by atoms with van der Waals surface area (Å²) in [7, 11) is 0. The molecular weight excluding hydrogens is 263 g/mol. The molecule has 0 bridgehead atoms. The van der Waals surface area contributed by atoms with Gasteiger partial charge in [0.25, 0.3) is 0 Å². The van der Waals surface area contributed by atoms with Crippen molar-refractivity contribution in [2.24, 2.45) is 0 Å². The first-order chi connectivity index (χ1) is 7.16. The van der Waals surface area contributed by atoms with Crippen LogP contribution in [0.4, 0.5) is 10.3 Å². The van der Waals surface area contributed by atoms with Crippen molar-refractivity contribution in [2.45, 2.75) is 0 Å². The van der Waals surface area contributed by atoms with Gasteiger partial charge >= 0.3 is 0 Å². The minimum absolute atomic E-state index is 0.0640. The number of benzene rings is 1. The van der Waals surface area contributed by atoms with Crippen LogP contribution in [0.25, 0.3) is 11.3 Å². The van der Waals surface area contributed by atoms with Crippen LogP contribution in [-0.4, -0.2) is 15.2 Å². The van der Waals surface area contributed by atoms with E-state index in [4.69, 9.17) is 5.73 Å². The minimum Gasteiger partial charge on any atom is -0.366 e. The van der Waals surface area contributed by atoms with Gasteiger partial charge in [-0.3, -0.25) is 0 Å². The summed E-state index contributed by atoms with van der Waals surface area (Å²) < 4.78 is 14.2. The van der Waals surface area contributed by atoms with Gasteiger partial charge in [0.15, 0.2) is 0 Å². The highest BCUT2D eigenvalue weighted by atomic mass is 79.9. The SMILES string of the molecule is Nc1ncc(-c2cc(Br)ccc2F)nn1. The Balaban J connectivity index is 2.53. The van der Waals surface area contributed by atoms with Gasteiger partial charge in [0, 0.05) is 10.0 Å². The average Bonchev–Trinajstić information content (AvgIpc) is 2.23. The Hall–Kier alpha value is -1.56. The third-order valence-electron chi connectivity index (χ3n) is 1.78. The van der Waals surface area contributed by atoms with E-state index in [1.54, 1.807) is 12.1 Å². The highest BCUT2D eigenvalue weighted by molar-refractivity contribution is 9.10. The molecular formula is C9H6BrFN4. The van der Waals surface area contributed by atoms with Crippen LogP contribution in [0.5, 0.6) is 0 Å². The summed E-state index contributed by atoms with van der Waals surface area (Å²) in [6.45, 7) is 0. The second-order valence-electron chi connectivity index (χ2n) is 2.83.